The van der Waals surface area contributed by atoms with Crippen molar-refractivity contribution < 1.29 is 23.7 Å². The Kier molecular flexibility index (Phi) is 8.02. The molecule has 1 amide bonds. The molecular formula is C24H19Cl2IN2O5. The number of rotatable bonds is 8. The Bertz CT molecular complexity index is 1250. The molecule has 3 aromatic rings. The van der Waals surface area contributed by atoms with E-state index >= 15 is 0 Å². The minimum Gasteiger partial charge on any atom is -0.493 e. The smallest absolute Gasteiger partial charge is 0.244 e. The maximum absolute atomic E-state index is 12.3. The molecule has 3 aromatic carbocycles. The summed E-state index contributed by atoms with van der Waals surface area (Å²) in [5, 5.41) is 5.15. The number of hydrogen-bond acceptors (Lipinski definition) is 6. The third-order valence-corrected chi connectivity index (χ3v) is 6.23. The summed E-state index contributed by atoms with van der Waals surface area (Å²) in [5.74, 6) is 2.17. The van der Waals surface area contributed by atoms with Gasteiger partial charge in [-0.05, 0) is 70.1 Å². The van der Waals surface area contributed by atoms with Crippen molar-refractivity contribution >= 4 is 57.9 Å². The monoisotopic (exact) mass is 612 g/mol. The van der Waals surface area contributed by atoms with Gasteiger partial charge in [-0.15, -0.1) is 0 Å². The Morgan fingerprint density at radius 1 is 1.15 bits per heavy atom. The summed E-state index contributed by atoms with van der Waals surface area (Å²) in [4.78, 5) is 12.3. The van der Waals surface area contributed by atoms with E-state index in [-0.39, 0.29) is 25.7 Å². The molecule has 0 fully saturated rings. The Labute approximate surface area is 220 Å². The molecule has 1 aliphatic rings. The number of nitrogens with zero attached hydrogens (tertiary/aromatic N) is 1. The number of nitrogens with one attached hydrogen (secondary N) is 1. The number of fused-ring (bicyclic) bond motifs is 1. The maximum atomic E-state index is 12.3. The second-order valence-corrected chi connectivity index (χ2v) is 9.22. The normalized spacial score (nSPS) is 12.1. The number of benzene rings is 3. The lowest BCUT2D eigenvalue weighted by molar-refractivity contribution is -0.120. The number of halogens is 3. The molecule has 1 heterocycles. The van der Waals surface area contributed by atoms with Crippen LogP contribution in [0.25, 0.3) is 0 Å². The lowest BCUT2D eigenvalue weighted by atomic mass is 10.1. The molecule has 0 unspecified atom stereocenters. The Balaban J connectivity index is 1.38. The van der Waals surface area contributed by atoms with Crippen LogP contribution in [0.1, 0.15) is 16.7 Å². The number of carbonyl (C=O) groups excluding carboxylic acids is 1. The van der Waals surface area contributed by atoms with Crippen molar-refractivity contribution in [3.05, 3.63) is 78.8 Å². The number of amides is 1. The summed E-state index contributed by atoms with van der Waals surface area (Å²) in [6, 6.07) is 14.3. The molecule has 176 valence electrons. The molecule has 0 aromatic heterocycles. The van der Waals surface area contributed by atoms with Crippen LogP contribution in [0.5, 0.6) is 23.0 Å². The highest BCUT2D eigenvalue weighted by atomic mass is 127. The van der Waals surface area contributed by atoms with Crippen LogP contribution >= 0.6 is 45.8 Å². The summed E-state index contributed by atoms with van der Waals surface area (Å²) >= 11 is 14.3. The van der Waals surface area contributed by atoms with E-state index in [2.05, 4.69) is 33.1 Å². The zero-order valence-electron chi connectivity index (χ0n) is 17.9. The van der Waals surface area contributed by atoms with Crippen LogP contribution in [0.4, 0.5) is 0 Å². The average molecular weight is 613 g/mol. The van der Waals surface area contributed by atoms with Crippen molar-refractivity contribution in [2.45, 2.75) is 13.0 Å². The van der Waals surface area contributed by atoms with Crippen molar-refractivity contribution in [1.29, 1.82) is 0 Å². The van der Waals surface area contributed by atoms with E-state index in [0.717, 1.165) is 20.3 Å². The van der Waals surface area contributed by atoms with Crippen molar-refractivity contribution in [3.63, 3.8) is 0 Å². The van der Waals surface area contributed by atoms with Crippen LogP contribution in [0.3, 0.4) is 0 Å². The molecule has 1 aliphatic heterocycles. The second-order valence-electron chi connectivity index (χ2n) is 7.22. The first-order chi connectivity index (χ1) is 16.4. The van der Waals surface area contributed by atoms with Crippen LogP contribution < -0.4 is 24.4 Å². The zero-order chi connectivity index (χ0) is 24.1. The molecule has 0 saturated carbocycles. The summed E-state index contributed by atoms with van der Waals surface area (Å²) in [5.41, 5.74) is 4.88. The highest BCUT2D eigenvalue weighted by Gasteiger charge is 2.15. The minimum absolute atomic E-state index is 0.162. The maximum Gasteiger partial charge on any atom is 0.244 e. The van der Waals surface area contributed by atoms with E-state index in [9.17, 15) is 4.79 Å². The number of hydrogen-bond donors (Lipinski definition) is 1. The predicted octanol–water partition coefficient (Wildman–Crippen LogP) is 5.61. The van der Waals surface area contributed by atoms with Gasteiger partial charge in [-0.25, -0.2) is 5.43 Å². The van der Waals surface area contributed by atoms with Gasteiger partial charge in [0.2, 0.25) is 12.7 Å². The SMILES string of the molecule is COc1cc(/C=N\NC(=O)Cc2ccc3c(c2)OCO3)cc(I)c1OCc1ccc(Cl)cc1Cl. The molecule has 1 N–H and O–H groups in total. The fourth-order valence-corrected chi connectivity index (χ4v) is 4.44. The molecule has 0 saturated heterocycles. The van der Waals surface area contributed by atoms with Crippen LogP contribution in [0, 0.1) is 3.57 Å². The molecule has 0 radical (unpaired) electrons. The second kappa shape index (κ2) is 11.2. The molecular weight excluding hydrogens is 594 g/mol. The first-order valence-corrected chi connectivity index (χ1v) is 11.9. The molecule has 0 spiro atoms. The van der Waals surface area contributed by atoms with E-state index in [1.807, 2.05) is 18.2 Å². The van der Waals surface area contributed by atoms with E-state index in [1.54, 1.807) is 43.7 Å². The highest BCUT2D eigenvalue weighted by molar-refractivity contribution is 14.1. The van der Waals surface area contributed by atoms with Gasteiger partial charge in [0, 0.05) is 15.6 Å². The van der Waals surface area contributed by atoms with Crippen LogP contribution in [0.15, 0.2) is 53.6 Å². The zero-order valence-corrected chi connectivity index (χ0v) is 21.6. The van der Waals surface area contributed by atoms with Gasteiger partial charge in [0.05, 0.1) is 23.3 Å². The molecule has 0 aliphatic carbocycles. The minimum atomic E-state index is -0.253. The van der Waals surface area contributed by atoms with Crippen molar-refractivity contribution in [2.75, 3.05) is 13.9 Å². The number of hydrazone groups is 1. The molecule has 4 rings (SSSR count). The summed E-state index contributed by atoms with van der Waals surface area (Å²) in [7, 11) is 1.56. The van der Waals surface area contributed by atoms with E-state index in [1.165, 1.54) is 0 Å². The summed E-state index contributed by atoms with van der Waals surface area (Å²) in [6.45, 7) is 0.446. The summed E-state index contributed by atoms with van der Waals surface area (Å²) < 4.78 is 22.9. The van der Waals surface area contributed by atoms with E-state index < -0.39 is 0 Å². The van der Waals surface area contributed by atoms with Crippen molar-refractivity contribution in [2.24, 2.45) is 5.10 Å². The lowest BCUT2D eigenvalue weighted by Crippen LogP contribution is -2.19. The fraction of sp³-hybridized carbons (Fsp3) is 0.167. The van der Waals surface area contributed by atoms with Gasteiger partial charge in [0.25, 0.3) is 0 Å². The van der Waals surface area contributed by atoms with Crippen molar-refractivity contribution in [3.8, 4) is 23.0 Å². The first kappa shape index (κ1) is 24.4. The largest absolute Gasteiger partial charge is 0.493 e. The van der Waals surface area contributed by atoms with Gasteiger partial charge in [-0.2, -0.15) is 5.10 Å². The van der Waals surface area contributed by atoms with E-state index in [4.69, 9.17) is 42.1 Å². The highest BCUT2D eigenvalue weighted by Crippen LogP contribution is 2.35. The first-order valence-electron chi connectivity index (χ1n) is 10.1. The Hall–Kier alpha value is -2.69. The number of methoxy groups -OCH3 is 1. The molecule has 7 nitrogen and oxygen atoms in total. The van der Waals surface area contributed by atoms with Gasteiger partial charge >= 0.3 is 0 Å². The Morgan fingerprint density at radius 2 is 1.97 bits per heavy atom. The average Bonchev–Trinajstić information content (AvgIpc) is 3.27. The number of carbonyl (C=O) groups is 1. The van der Waals surface area contributed by atoms with Gasteiger partial charge < -0.3 is 18.9 Å². The molecule has 0 atom stereocenters. The molecule has 34 heavy (non-hydrogen) atoms. The summed E-state index contributed by atoms with van der Waals surface area (Å²) in [6.07, 6.45) is 1.71. The van der Waals surface area contributed by atoms with Crippen molar-refractivity contribution in [1.82, 2.24) is 5.43 Å². The van der Waals surface area contributed by atoms with Gasteiger partial charge in [-0.3, -0.25) is 4.79 Å². The standard InChI is InChI=1S/C24H19Cl2IN2O5/c1-31-22-8-15(6-19(27)24(22)32-12-16-3-4-17(25)10-18(16)26)11-28-29-23(30)9-14-2-5-20-21(7-14)34-13-33-20/h2-8,10-11H,9,12-13H2,1H3,(H,29,30)/b28-11-. The molecule has 10 heteroatoms. The molecule has 0 bridgehead atoms. The Morgan fingerprint density at radius 3 is 2.76 bits per heavy atom. The fourth-order valence-electron chi connectivity index (χ4n) is 3.20. The quantitative estimate of drug-likeness (QED) is 0.203. The van der Waals surface area contributed by atoms with Gasteiger partial charge in [-0.1, -0.05) is 35.3 Å². The number of ether oxygens (including phenoxy) is 4. The third kappa shape index (κ3) is 6.05. The van der Waals surface area contributed by atoms with Gasteiger partial charge in [0.15, 0.2) is 23.0 Å². The predicted molar refractivity (Wildman–Crippen MR) is 139 cm³/mol. The topological polar surface area (TPSA) is 78.4 Å². The van der Waals surface area contributed by atoms with E-state index in [0.29, 0.717) is 33.0 Å². The van der Waals surface area contributed by atoms with Crippen LogP contribution in [-0.4, -0.2) is 26.0 Å². The van der Waals surface area contributed by atoms with Gasteiger partial charge in [0.1, 0.15) is 6.61 Å². The van der Waals surface area contributed by atoms with Crippen LogP contribution in [0.2, 0.25) is 10.0 Å². The van der Waals surface area contributed by atoms with Crippen LogP contribution in [-0.2, 0) is 17.8 Å². The lowest BCUT2D eigenvalue weighted by Gasteiger charge is -2.14. The third-order valence-electron chi connectivity index (χ3n) is 4.84.